The number of hydrogen-bond acceptors (Lipinski definition) is 8. The molecule has 264 valence electrons. The maximum Gasteiger partial charge on any atom is 0.264 e. The van der Waals surface area contributed by atoms with Crippen LogP contribution in [-0.2, 0) is 43.8 Å². The molecule has 14 heteroatoms. The van der Waals surface area contributed by atoms with Crippen LogP contribution in [0.5, 0.6) is 0 Å². The summed E-state index contributed by atoms with van der Waals surface area (Å²) < 4.78 is 31.2. The SMILES string of the molecule is CCCCc1nc(Cl)c(C=O)n1Cc1ccc(-c2ccccc2S(=O)(=O)NC(=O)[C@H](NC(=O)C(Cc2ccccc2)C(=O)NO)C(C)C)cc1. The van der Waals surface area contributed by atoms with Crippen molar-refractivity contribution in [1.82, 2.24) is 25.1 Å². The van der Waals surface area contributed by atoms with Gasteiger partial charge in [-0.15, -0.1) is 0 Å². The van der Waals surface area contributed by atoms with Gasteiger partial charge in [0.05, 0.1) is 4.90 Å². The first kappa shape index (κ1) is 38.0. The van der Waals surface area contributed by atoms with Gasteiger partial charge in [0, 0.05) is 18.5 Å². The van der Waals surface area contributed by atoms with Crippen LogP contribution in [0.2, 0.25) is 5.15 Å². The van der Waals surface area contributed by atoms with Crippen molar-refractivity contribution in [1.29, 1.82) is 0 Å². The van der Waals surface area contributed by atoms with Crippen LogP contribution in [0.4, 0.5) is 0 Å². The Balaban J connectivity index is 1.54. The summed E-state index contributed by atoms with van der Waals surface area (Å²) in [4.78, 5) is 55.1. The number of amides is 3. The van der Waals surface area contributed by atoms with Crippen molar-refractivity contribution in [3.63, 3.8) is 0 Å². The van der Waals surface area contributed by atoms with E-state index in [4.69, 9.17) is 11.6 Å². The summed E-state index contributed by atoms with van der Waals surface area (Å²) in [5, 5.41) is 11.9. The van der Waals surface area contributed by atoms with Gasteiger partial charge in [-0.1, -0.05) is 112 Å². The number of halogens is 1. The highest BCUT2D eigenvalue weighted by atomic mass is 35.5. The summed E-state index contributed by atoms with van der Waals surface area (Å²) in [7, 11) is -4.46. The predicted octanol–water partition coefficient (Wildman–Crippen LogP) is 4.72. The number of sulfonamides is 1. The first-order valence-corrected chi connectivity index (χ1v) is 18.0. The molecule has 0 bridgehead atoms. The molecule has 0 spiro atoms. The van der Waals surface area contributed by atoms with Gasteiger partial charge < -0.3 is 9.88 Å². The lowest BCUT2D eigenvalue weighted by atomic mass is 9.96. The van der Waals surface area contributed by atoms with E-state index >= 15 is 0 Å². The number of nitrogens with zero attached hydrogens (tertiary/aromatic N) is 2. The molecule has 4 rings (SSSR count). The average Bonchev–Trinajstić information content (AvgIpc) is 3.41. The van der Waals surface area contributed by atoms with Crippen molar-refractivity contribution in [2.24, 2.45) is 11.8 Å². The molecule has 1 aromatic heterocycles. The minimum Gasteiger partial charge on any atom is -0.343 e. The summed E-state index contributed by atoms with van der Waals surface area (Å²) in [6, 6.07) is 20.6. The molecule has 4 aromatic rings. The third kappa shape index (κ3) is 9.23. The van der Waals surface area contributed by atoms with E-state index in [-0.39, 0.29) is 22.2 Å². The van der Waals surface area contributed by atoms with E-state index in [0.717, 1.165) is 18.4 Å². The number of aromatic nitrogens is 2. The highest BCUT2D eigenvalue weighted by Gasteiger charge is 2.34. The van der Waals surface area contributed by atoms with E-state index in [2.05, 4.69) is 21.9 Å². The van der Waals surface area contributed by atoms with Crippen LogP contribution in [0.15, 0.2) is 83.8 Å². The van der Waals surface area contributed by atoms with Gasteiger partial charge in [0.15, 0.2) is 11.4 Å². The lowest BCUT2D eigenvalue weighted by molar-refractivity contribution is -0.142. The highest BCUT2D eigenvalue weighted by Crippen LogP contribution is 2.28. The normalized spacial score (nSPS) is 12.6. The van der Waals surface area contributed by atoms with Crippen molar-refractivity contribution in [3.05, 3.63) is 107 Å². The monoisotopic (exact) mass is 721 g/mol. The van der Waals surface area contributed by atoms with Crippen LogP contribution in [0.25, 0.3) is 11.1 Å². The fourth-order valence-electron chi connectivity index (χ4n) is 5.48. The molecule has 0 saturated carbocycles. The number of benzene rings is 3. The molecule has 0 aliphatic carbocycles. The fraction of sp³-hybridized carbons (Fsp3) is 0.306. The lowest BCUT2D eigenvalue weighted by Gasteiger charge is -2.24. The fourth-order valence-corrected chi connectivity index (χ4v) is 6.96. The van der Waals surface area contributed by atoms with Gasteiger partial charge in [-0.05, 0) is 41.5 Å². The zero-order valence-corrected chi connectivity index (χ0v) is 29.5. The van der Waals surface area contributed by atoms with Crippen LogP contribution in [0.1, 0.15) is 61.1 Å². The highest BCUT2D eigenvalue weighted by molar-refractivity contribution is 7.90. The zero-order valence-electron chi connectivity index (χ0n) is 27.9. The Morgan fingerprint density at radius 2 is 1.58 bits per heavy atom. The summed E-state index contributed by atoms with van der Waals surface area (Å²) >= 11 is 6.22. The van der Waals surface area contributed by atoms with Gasteiger partial charge >= 0.3 is 0 Å². The molecule has 2 atom stereocenters. The summed E-state index contributed by atoms with van der Waals surface area (Å²) in [5.41, 5.74) is 4.13. The second kappa shape index (κ2) is 17.2. The molecule has 0 radical (unpaired) electrons. The van der Waals surface area contributed by atoms with Gasteiger partial charge in [-0.3, -0.25) is 24.4 Å². The summed E-state index contributed by atoms with van der Waals surface area (Å²) in [6.45, 7) is 5.63. The van der Waals surface area contributed by atoms with Crippen molar-refractivity contribution in [2.45, 2.75) is 63.9 Å². The third-order valence-corrected chi connectivity index (χ3v) is 9.88. The Morgan fingerprint density at radius 3 is 2.20 bits per heavy atom. The van der Waals surface area contributed by atoms with Crippen molar-refractivity contribution < 1.29 is 32.8 Å². The van der Waals surface area contributed by atoms with Crippen LogP contribution >= 0.6 is 11.6 Å². The van der Waals surface area contributed by atoms with E-state index in [9.17, 15) is 32.8 Å². The molecular formula is C36H40ClN5O7S. The van der Waals surface area contributed by atoms with Gasteiger partial charge in [-0.2, -0.15) is 0 Å². The van der Waals surface area contributed by atoms with Gasteiger partial charge in [0.25, 0.3) is 21.8 Å². The Kier molecular flexibility index (Phi) is 13.1. The van der Waals surface area contributed by atoms with Crippen LogP contribution in [0, 0.1) is 11.8 Å². The number of hydrogen-bond donors (Lipinski definition) is 4. The van der Waals surface area contributed by atoms with Crippen molar-refractivity contribution in [2.75, 3.05) is 0 Å². The first-order valence-electron chi connectivity index (χ1n) is 16.1. The van der Waals surface area contributed by atoms with Gasteiger partial charge in [-0.25, -0.2) is 23.6 Å². The molecule has 0 fully saturated rings. The Hall–Kier alpha value is -4.85. The second-order valence-corrected chi connectivity index (χ2v) is 14.1. The molecule has 1 unspecified atom stereocenters. The number of rotatable bonds is 16. The number of carbonyl (C=O) groups excluding carboxylic acids is 4. The Morgan fingerprint density at radius 1 is 0.920 bits per heavy atom. The minimum atomic E-state index is -4.46. The predicted molar refractivity (Wildman–Crippen MR) is 188 cm³/mol. The quantitative estimate of drug-likeness (QED) is 0.0556. The summed E-state index contributed by atoms with van der Waals surface area (Å²) in [5.74, 6) is -4.09. The topological polar surface area (TPSA) is 177 Å². The molecule has 12 nitrogen and oxygen atoms in total. The maximum absolute atomic E-state index is 13.7. The third-order valence-electron chi connectivity index (χ3n) is 8.20. The molecule has 50 heavy (non-hydrogen) atoms. The molecule has 1 heterocycles. The number of aldehydes is 1. The van der Waals surface area contributed by atoms with Crippen LogP contribution in [0.3, 0.4) is 0 Å². The molecule has 0 aliphatic rings. The van der Waals surface area contributed by atoms with E-state index in [0.29, 0.717) is 41.8 Å². The summed E-state index contributed by atoms with van der Waals surface area (Å²) in [6.07, 6.45) is 3.10. The molecule has 3 amide bonds. The van der Waals surface area contributed by atoms with Crippen molar-refractivity contribution in [3.8, 4) is 11.1 Å². The number of aryl methyl sites for hydroxylation is 1. The van der Waals surface area contributed by atoms with E-state index in [1.165, 1.54) is 17.6 Å². The number of hydroxylamine groups is 1. The van der Waals surface area contributed by atoms with Gasteiger partial charge in [0.1, 0.15) is 23.5 Å². The number of unbranched alkanes of at least 4 members (excludes halogenated alkanes) is 1. The van der Waals surface area contributed by atoms with E-state index in [1.807, 2.05) is 12.1 Å². The smallest absolute Gasteiger partial charge is 0.264 e. The molecule has 3 aromatic carbocycles. The zero-order chi connectivity index (χ0) is 36.4. The molecule has 4 N–H and O–H groups in total. The van der Waals surface area contributed by atoms with Crippen molar-refractivity contribution >= 4 is 45.6 Å². The lowest BCUT2D eigenvalue weighted by Crippen LogP contribution is -2.54. The van der Waals surface area contributed by atoms with Gasteiger partial charge in [0.2, 0.25) is 5.91 Å². The minimum absolute atomic E-state index is 0.0652. The molecule has 0 aliphatic heterocycles. The van der Waals surface area contributed by atoms with E-state index < -0.39 is 45.6 Å². The maximum atomic E-state index is 13.7. The van der Waals surface area contributed by atoms with Crippen LogP contribution in [-0.4, -0.2) is 53.2 Å². The van der Waals surface area contributed by atoms with E-state index in [1.54, 1.807) is 73.0 Å². The Labute approximate surface area is 296 Å². The standard InChI is InChI=1S/C36H40ClN5O7S/c1-4-5-15-31-38-33(37)29(22-43)42(31)21-25-16-18-26(19-17-25)27-13-9-10-14-30(27)50(48,49)41-36(46)32(23(2)3)39-34(44)28(35(45)40-47)20-24-11-7-6-8-12-24/h6-14,16-19,22-23,28,32,47H,4-5,15,20-21H2,1-3H3,(H,39,44)(H,40,45)(H,41,46)/t28?,32-/m1/s1. The first-order chi connectivity index (χ1) is 23.9. The Bertz CT molecular complexity index is 1930. The molecular weight excluding hydrogens is 682 g/mol. The number of imidazole rings is 1. The molecule has 0 saturated heterocycles. The average molecular weight is 722 g/mol. The number of carbonyl (C=O) groups is 4. The number of nitrogens with one attached hydrogen (secondary N) is 3. The van der Waals surface area contributed by atoms with Crippen LogP contribution < -0.4 is 15.5 Å². The second-order valence-electron chi connectivity index (χ2n) is 12.1. The largest absolute Gasteiger partial charge is 0.343 e.